The average Bonchev–Trinajstić information content (AvgIpc) is 3.33. The Kier molecular flexibility index (Phi) is 18.9. The van der Waals surface area contributed by atoms with Gasteiger partial charge in [0.25, 0.3) is 0 Å². The number of carbonyl (C=O) groups excluding carboxylic acids is 2. The molecule has 384 valence electrons. The molecule has 69 heavy (non-hydrogen) atoms. The second kappa shape index (κ2) is 24.0. The van der Waals surface area contributed by atoms with Crippen LogP contribution >= 0.6 is 0 Å². The van der Waals surface area contributed by atoms with Crippen LogP contribution in [0.4, 0.5) is 0 Å². The first-order chi connectivity index (χ1) is 32.8. The van der Waals surface area contributed by atoms with Gasteiger partial charge in [0.05, 0.1) is 39.0 Å². The highest BCUT2D eigenvalue weighted by Gasteiger charge is 2.53. The second-order valence-electron chi connectivity index (χ2n) is 17.4. The van der Waals surface area contributed by atoms with E-state index in [9.17, 15) is 76.0 Å². The van der Waals surface area contributed by atoms with Gasteiger partial charge < -0.3 is 104 Å². The summed E-state index contributed by atoms with van der Waals surface area (Å²) in [5, 5.41) is 135. The zero-order chi connectivity index (χ0) is 50.4. The smallest absolute Gasteiger partial charge is 0.229 e. The third kappa shape index (κ3) is 12.6. The molecule has 23 heteroatoms. The van der Waals surface area contributed by atoms with Gasteiger partial charge in [-0.15, -0.1) is 0 Å². The van der Waals surface area contributed by atoms with E-state index in [0.717, 1.165) is 0 Å². The topological polar surface area (TPSA) is 371 Å². The van der Waals surface area contributed by atoms with E-state index >= 15 is 0 Å². The summed E-state index contributed by atoms with van der Waals surface area (Å²) in [5.74, 6) is -1.41. The van der Waals surface area contributed by atoms with Crippen LogP contribution in [0.5, 0.6) is 11.5 Å². The Balaban J connectivity index is 1.01. The molecule has 0 bridgehead atoms. The zero-order valence-corrected chi connectivity index (χ0v) is 37.8. The van der Waals surface area contributed by atoms with Crippen LogP contribution in [0.2, 0.25) is 0 Å². The Bertz CT molecular complexity index is 1940. The molecule has 20 atom stereocenters. The molecule has 0 unspecified atom stereocenters. The summed E-state index contributed by atoms with van der Waals surface area (Å²) in [6.45, 7) is 2.06. The number of carbonyl (C=O) groups is 2. The van der Waals surface area contributed by atoms with Crippen molar-refractivity contribution in [1.29, 1.82) is 0 Å². The lowest BCUT2D eigenvalue weighted by molar-refractivity contribution is -0.352. The number of hydrogen-bond acceptors (Lipinski definition) is 23. The molecule has 0 aromatic heterocycles. The van der Waals surface area contributed by atoms with Gasteiger partial charge in [0.2, 0.25) is 12.6 Å². The monoisotopic (exact) mass is 982 g/mol. The van der Waals surface area contributed by atoms with Gasteiger partial charge in [0, 0.05) is 5.92 Å². The summed E-state index contributed by atoms with van der Waals surface area (Å²) >= 11 is 0. The largest absolute Gasteiger partial charge is 0.462 e. The molecule has 23 nitrogen and oxygen atoms in total. The molecular weight excluding hydrogens is 920 g/mol. The van der Waals surface area contributed by atoms with Crippen LogP contribution in [0.25, 0.3) is 12.2 Å². The predicted molar refractivity (Wildman–Crippen MR) is 232 cm³/mol. The summed E-state index contributed by atoms with van der Waals surface area (Å²) in [6.07, 6.45) is -24.1. The molecule has 4 aliphatic heterocycles. The molecule has 0 spiro atoms. The molecule has 4 saturated heterocycles. The molecule has 0 aliphatic carbocycles. The Labute approximate surface area is 395 Å². The zero-order valence-electron chi connectivity index (χ0n) is 37.8. The fourth-order valence-corrected chi connectivity index (χ4v) is 8.23. The molecular formula is C46H62O23. The number of benzene rings is 2. The maximum absolute atomic E-state index is 12.8. The Morgan fingerprint density at radius 1 is 0.493 bits per heavy atom. The number of rotatable bonds is 18. The van der Waals surface area contributed by atoms with Crippen molar-refractivity contribution in [3.8, 4) is 11.5 Å². The highest BCUT2D eigenvalue weighted by molar-refractivity contribution is 6.10. The van der Waals surface area contributed by atoms with Crippen molar-refractivity contribution in [2.75, 3.05) is 26.4 Å². The molecule has 4 heterocycles. The summed E-state index contributed by atoms with van der Waals surface area (Å²) in [7, 11) is 0. The van der Waals surface area contributed by atoms with Crippen LogP contribution in [-0.2, 0) is 38.0 Å². The van der Waals surface area contributed by atoms with E-state index in [4.69, 9.17) is 37.9 Å². The summed E-state index contributed by atoms with van der Waals surface area (Å²) < 4.78 is 45.3. The normalized spacial score (nSPS) is 38.6. The van der Waals surface area contributed by atoms with Crippen LogP contribution in [0.15, 0.2) is 48.6 Å². The Hall–Kier alpha value is -3.90. The lowest BCUT2D eigenvalue weighted by Gasteiger charge is -2.46. The van der Waals surface area contributed by atoms with Gasteiger partial charge in [-0.1, -0.05) is 31.2 Å². The number of hydrogen-bond donors (Lipinski definition) is 13. The van der Waals surface area contributed by atoms with E-state index in [-0.39, 0.29) is 11.5 Å². The highest BCUT2D eigenvalue weighted by Crippen LogP contribution is 2.34. The van der Waals surface area contributed by atoms with Crippen molar-refractivity contribution in [3.63, 3.8) is 0 Å². The molecule has 2 aromatic rings. The van der Waals surface area contributed by atoms with Crippen molar-refractivity contribution in [2.24, 2.45) is 5.92 Å². The fourth-order valence-electron chi connectivity index (χ4n) is 8.23. The number of ether oxygens (including phenoxy) is 8. The van der Waals surface area contributed by atoms with Gasteiger partial charge in [-0.25, -0.2) is 0 Å². The third-order valence-corrected chi connectivity index (χ3v) is 12.5. The van der Waals surface area contributed by atoms with Crippen molar-refractivity contribution < 1.29 is 114 Å². The molecule has 0 amide bonds. The number of aryl methyl sites for hydroxylation is 2. The molecule has 2 aromatic carbocycles. The van der Waals surface area contributed by atoms with E-state index in [1.54, 1.807) is 38.1 Å². The number of aliphatic hydroxyl groups excluding tert-OH is 13. The van der Waals surface area contributed by atoms with Crippen LogP contribution in [0, 0.1) is 19.8 Å². The maximum atomic E-state index is 12.8. The summed E-state index contributed by atoms with van der Waals surface area (Å²) in [5.41, 5.74) is 2.11. The van der Waals surface area contributed by atoms with E-state index in [1.165, 1.54) is 43.4 Å². The minimum atomic E-state index is -1.84. The Morgan fingerprint density at radius 2 is 0.870 bits per heavy atom. The van der Waals surface area contributed by atoms with E-state index in [1.807, 2.05) is 0 Å². The van der Waals surface area contributed by atoms with Crippen molar-refractivity contribution in [3.05, 3.63) is 70.8 Å². The van der Waals surface area contributed by atoms with Crippen LogP contribution < -0.4 is 9.47 Å². The minimum Gasteiger partial charge on any atom is -0.462 e. The van der Waals surface area contributed by atoms with Crippen LogP contribution in [0.1, 0.15) is 35.6 Å². The summed E-state index contributed by atoms with van der Waals surface area (Å²) in [4.78, 5) is 25.5. The predicted octanol–water partition coefficient (Wildman–Crippen LogP) is -4.16. The van der Waals surface area contributed by atoms with Gasteiger partial charge in [0.15, 0.2) is 24.1 Å². The molecule has 4 fully saturated rings. The van der Waals surface area contributed by atoms with Gasteiger partial charge in [-0.05, 0) is 72.5 Å². The lowest BCUT2D eigenvalue weighted by Crippen LogP contribution is -2.65. The molecule has 4 aliphatic rings. The standard InChI is InChI=1S/C46H62O23/c1-19-12-22(6-10-26(19)62-45-39(60)41(35(56)30(17-49)66-45)68-43-33(54)21(3)32(53)28(15-47)64-43)4-8-24(51)14-25(52)9-5-23-7-11-27(20(2)13-23)63-46-40(61)42(36(57)31(18-50)67-46)69-44-38(59)37(58)34(55)29(16-48)65-44/h4-13,21,28-50,53-61H,14-18H2,1-3H3/b8-4+,9-5+/t21-,28+,29+,30+,31+,32-,33+,34+,35+,36+,37-,38+,39+,40+,41-,42-,43-,44-,45+,46+/m0/s1. The third-order valence-electron chi connectivity index (χ3n) is 12.5. The molecule has 0 saturated carbocycles. The van der Waals surface area contributed by atoms with Gasteiger partial charge in [-0.2, -0.15) is 0 Å². The average molecular weight is 983 g/mol. The Morgan fingerprint density at radius 3 is 1.28 bits per heavy atom. The highest BCUT2D eigenvalue weighted by atomic mass is 16.7. The summed E-state index contributed by atoms with van der Waals surface area (Å²) in [6, 6.07) is 9.47. The number of allylic oxidation sites excluding steroid dienone is 2. The minimum absolute atomic E-state index is 0.188. The number of aliphatic hydroxyl groups is 13. The molecule has 0 radical (unpaired) electrons. The number of ketones is 2. The van der Waals surface area contributed by atoms with E-state index in [0.29, 0.717) is 22.3 Å². The van der Waals surface area contributed by atoms with Gasteiger partial charge in [-0.3, -0.25) is 9.59 Å². The molecule has 13 N–H and O–H groups in total. The van der Waals surface area contributed by atoms with Crippen molar-refractivity contribution in [2.45, 2.75) is 144 Å². The van der Waals surface area contributed by atoms with Crippen molar-refractivity contribution >= 4 is 23.7 Å². The first kappa shape index (κ1) is 54.4. The maximum Gasteiger partial charge on any atom is 0.229 e. The molecule has 6 rings (SSSR count). The van der Waals surface area contributed by atoms with Gasteiger partial charge in [0.1, 0.15) is 97.0 Å². The van der Waals surface area contributed by atoms with Crippen molar-refractivity contribution in [1.82, 2.24) is 0 Å². The second-order valence-corrected chi connectivity index (χ2v) is 17.4. The first-order valence-electron chi connectivity index (χ1n) is 22.3. The fraction of sp³-hybridized carbons (Fsp3) is 0.609. The lowest BCUT2D eigenvalue weighted by atomic mass is 9.90. The van der Waals surface area contributed by atoms with E-state index < -0.39 is 167 Å². The quantitative estimate of drug-likeness (QED) is 0.0498. The van der Waals surface area contributed by atoms with Crippen LogP contribution in [-0.4, -0.2) is 221 Å². The van der Waals surface area contributed by atoms with Crippen LogP contribution in [0.3, 0.4) is 0 Å². The first-order valence-corrected chi connectivity index (χ1v) is 22.3. The SMILES string of the molecule is Cc1cc(/C=C/C(=O)CC(=O)/C=C/c2ccc(O[C@@H]3O[C@H](CO)[C@@H](O)[C@H](O[C@@H]4O[C@H](CO)[C@@H](O)[C@H](O)[C@H]4O)[C@H]3O)c(C)c2)ccc1O[C@@H]1O[C@H](CO)[C@@H](O)[C@H](O[C@@H]2O[C@H](CO)[C@@H](O)[C@H](C)[C@H]2O)[C@H]1O. The van der Waals surface area contributed by atoms with Gasteiger partial charge >= 0.3 is 0 Å². The van der Waals surface area contributed by atoms with E-state index in [2.05, 4.69) is 0 Å².